The molecule has 4 aromatic carbocycles. The third kappa shape index (κ3) is 4.40. The Morgan fingerprint density at radius 2 is 1.62 bits per heavy atom. The van der Waals surface area contributed by atoms with Crippen molar-refractivity contribution in [3.63, 3.8) is 0 Å². The van der Waals surface area contributed by atoms with E-state index in [1.165, 1.54) is 37.4 Å². The first-order valence-electron chi connectivity index (χ1n) is 12.3. The molecule has 0 spiro atoms. The molecule has 0 aliphatic heterocycles. The molecule has 6 rings (SSSR count). The lowest BCUT2D eigenvalue weighted by Gasteiger charge is -2.21. The van der Waals surface area contributed by atoms with Gasteiger partial charge in [-0.15, -0.1) is 0 Å². The van der Waals surface area contributed by atoms with Crippen molar-refractivity contribution in [1.29, 1.82) is 0 Å². The van der Waals surface area contributed by atoms with Crippen LogP contribution in [0.15, 0.2) is 95.4 Å². The number of aromatic nitrogens is 1. The number of fused-ring (bicyclic) bond motifs is 2. The van der Waals surface area contributed by atoms with Crippen LogP contribution >= 0.6 is 0 Å². The number of benzene rings is 4. The summed E-state index contributed by atoms with van der Waals surface area (Å²) < 4.78 is 45.9. The Kier molecular flexibility index (Phi) is 5.96. The number of rotatable bonds is 6. The van der Waals surface area contributed by atoms with Gasteiger partial charge in [-0.1, -0.05) is 36.4 Å². The minimum Gasteiger partial charge on any atom is -0.478 e. The molecular weight excluding hydrogens is 531 g/mol. The standard InChI is InChI=1S/C31H23FN2O5S/c1-34(40(2,37)38)27-17-28-24(29(31(35)36)30(39-28)18-10-12-22(32)13-11-18)16-23(27)19-7-5-8-20(14-19)26-15-21-6-3-4-9-25(21)33-26/h3-17,33H,1-2H3,(H,35,36). The quantitative estimate of drug-likeness (QED) is 0.228. The number of nitrogens with zero attached hydrogens (tertiary/aromatic N) is 1. The SMILES string of the molecule is CN(c1cc2oc(-c3ccc(F)cc3)c(C(=O)O)c2cc1-c1cccc(-c2cc3ccccc3[nH]2)c1)S(C)(=O)=O. The highest BCUT2D eigenvalue weighted by molar-refractivity contribution is 7.92. The normalized spacial score (nSPS) is 11.8. The number of hydrogen-bond donors (Lipinski definition) is 2. The molecule has 0 radical (unpaired) electrons. The molecule has 0 amide bonds. The monoisotopic (exact) mass is 554 g/mol. The fraction of sp³-hybridized carbons (Fsp3) is 0.0645. The molecule has 0 aliphatic carbocycles. The smallest absolute Gasteiger partial charge is 0.340 e. The Morgan fingerprint density at radius 1 is 0.900 bits per heavy atom. The Morgan fingerprint density at radius 3 is 2.33 bits per heavy atom. The molecule has 2 heterocycles. The van der Waals surface area contributed by atoms with Crippen LogP contribution < -0.4 is 4.31 Å². The van der Waals surface area contributed by atoms with Gasteiger partial charge in [-0.3, -0.25) is 4.31 Å². The van der Waals surface area contributed by atoms with E-state index in [2.05, 4.69) is 4.98 Å². The van der Waals surface area contributed by atoms with Gasteiger partial charge in [0.05, 0.1) is 11.9 Å². The molecule has 9 heteroatoms. The molecule has 2 aromatic heterocycles. The zero-order valence-electron chi connectivity index (χ0n) is 21.5. The predicted molar refractivity (Wildman–Crippen MR) is 155 cm³/mol. The van der Waals surface area contributed by atoms with Crippen LogP contribution in [0, 0.1) is 5.82 Å². The number of carboxylic acid groups (broad SMARTS) is 1. The lowest BCUT2D eigenvalue weighted by molar-refractivity contribution is 0.0699. The highest BCUT2D eigenvalue weighted by Gasteiger charge is 2.26. The van der Waals surface area contributed by atoms with E-state index in [9.17, 15) is 22.7 Å². The van der Waals surface area contributed by atoms with Crippen LogP contribution in [-0.2, 0) is 10.0 Å². The first kappa shape index (κ1) is 25.4. The molecular formula is C31H23FN2O5S. The average Bonchev–Trinajstić information content (AvgIpc) is 3.53. The van der Waals surface area contributed by atoms with Crippen molar-refractivity contribution < 1.29 is 27.1 Å². The van der Waals surface area contributed by atoms with E-state index in [0.29, 0.717) is 27.8 Å². The topological polar surface area (TPSA) is 104 Å². The number of aromatic carboxylic acids is 1. The van der Waals surface area contributed by atoms with Gasteiger partial charge in [0, 0.05) is 46.2 Å². The van der Waals surface area contributed by atoms with Gasteiger partial charge in [0.1, 0.15) is 22.7 Å². The molecule has 0 unspecified atom stereocenters. The Balaban J connectivity index is 1.60. The number of H-pyrrole nitrogens is 1. The number of furan rings is 1. The number of hydrogen-bond acceptors (Lipinski definition) is 4. The lowest BCUT2D eigenvalue weighted by Crippen LogP contribution is -2.25. The largest absolute Gasteiger partial charge is 0.478 e. The molecule has 0 aliphatic rings. The van der Waals surface area contributed by atoms with Gasteiger partial charge in [0.2, 0.25) is 10.0 Å². The number of aromatic amines is 1. The van der Waals surface area contributed by atoms with Crippen molar-refractivity contribution in [2.24, 2.45) is 0 Å². The third-order valence-corrected chi connectivity index (χ3v) is 8.17. The number of carboxylic acids is 1. The Hall–Kier alpha value is -4.89. The van der Waals surface area contributed by atoms with Gasteiger partial charge < -0.3 is 14.5 Å². The van der Waals surface area contributed by atoms with Crippen molar-refractivity contribution >= 4 is 43.6 Å². The highest BCUT2D eigenvalue weighted by atomic mass is 32.2. The predicted octanol–water partition coefficient (Wildman–Crippen LogP) is 7.15. The highest BCUT2D eigenvalue weighted by Crippen LogP contribution is 2.42. The van der Waals surface area contributed by atoms with E-state index in [0.717, 1.165) is 32.7 Å². The number of carbonyl (C=O) groups is 1. The minimum atomic E-state index is -3.68. The maximum absolute atomic E-state index is 13.6. The summed E-state index contributed by atoms with van der Waals surface area (Å²) in [6, 6.07) is 26.0. The van der Waals surface area contributed by atoms with Crippen LogP contribution in [0.25, 0.3) is 55.6 Å². The fourth-order valence-corrected chi connectivity index (χ4v) is 5.41. The second kappa shape index (κ2) is 9.39. The van der Waals surface area contributed by atoms with Crippen molar-refractivity contribution in [2.45, 2.75) is 0 Å². The zero-order valence-corrected chi connectivity index (χ0v) is 22.3. The van der Waals surface area contributed by atoms with Crippen molar-refractivity contribution in [3.05, 3.63) is 102 Å². The number of halogens is 1. The van der Waals surface area contributed by atoms with Crippen LogP contribution in [0.3, 0.4) is 0 Å². The van der Waals surface area contributed by atoms with Crippen LogP contribution in [0.4, 0.5) is 10.1 Å². The number of anilines is 1. The number of sulfonamides is 1. The molecule has 7 nitrogen and oxygen atoms in total. The summed E-state index contributed by atoms with van der Waals surface area (Å²) >= 11 is 0. The van der Waals surface area contributed by atoms with Crippen LogP contribution in [-0.4, -0.2) is 37.8 Å². The maximum Gasteiger partial charge on any atom is 0.340 e. The molecule has 0 fully saturated rings. The van der Waals surface area contributed by atoms with E-state index in [1.54, 1.807) is 6.07 Å². The van der Waals surface area contributed by atoms with Crippen LogP contribution in [0.5, 0.6) is 0 Å². The molecule has 40 heavy (non-hydrogen) atoms. The summed E-state index contributed by atoms with van der Waals surface area (Å²) in [6.07, 6.45) is 1.09. The molecule has 6 aromatic rings. The summed E-state index contributed by atoms with van der Waals surface area (Å²) in [5.41, 5.74) is 4.74. The molecule has 0 saturated heterocycles. The van der Waals surface area contributed by atoms with Gasteiger partial charge in [0.25, 0.3) is 0 Å². The van der Waals surface area contributed by atoms with Crippen molar-refractivity contribution in [2.75, 3.05) is 17.6 Å². The van der Waals surface area contributed by atoms with Gasteiger partial charge in [-0.05, 0) is 59.7 Å². The maximum atomic E-state index is 13.6. The zero-order chi connectivity index (χ0) is 28.2. The molecule has 200 valence electrons. The van der Waals surface area contributed by atoms with E-state index in [-0.39, 0.29) is 16.9 Å². The molecule has 0 saturated carbocycles. The fourth-order valence-electron chi connectivity index (χ4n) is 4.90. The summed E-state index contributed by atoms with van der Waals surface area (Å²) in [6.45, 7) is 0. The lowest BCUT2D eigenvalue weighted by atomic mass is 9.97. The number of nitrogens with one attached hydrogen (secondary N) is 1. The van der Waals surface area contributed by atoms with Gasteiger partial charge in [-0.25, -0.2) is 17.6 Å². The van der Waals surface area contributed by atoms with E-state index in [1.807, 2.05) is 54.6 Å². The first-order chi connectivity index (χ1) is 19.1. The van der Waals surface area contributed by atoms with E-state index in [4.69, 9.17) is 4.42 Å². The first-order valence-corrected chi connectivity index (χ1v) is 14.2. The molecule has 0 atom stereocenters. The van der Waals surface area contributed by atoms with Gasteiger partial charge >= 0.3 is 5.97 Å². The summed E-state index contributed by atoms with van der Waals surface area (Å²) in [5.74, 6) is -1.63. The minimum absolute atomic E-state index is 0.0550. The van der Waals surface area contributed by atoms with Gasteiger partial charge in [0.15, 0.2) is 0 Å². The summed E-state index contributed by atoms with van der Waals surface area (Å²) in [7, 11) is -2.25. The van der Waals surface area contributed by atoms with E-state index < -0.39 is 21.8 Å². The van der Waals surface area contributed by atoms with E-state index >= 15 is 0 Å². The Bertz CT molecular complexity index is 2010. The second-order valence-corrected chi connectivity index (χ2v) is 11.6. The summed E-state index contributed by atoms with van der Waals surface area (Å²) in [4.78, 5) is 15.8. The average molecular weight is 555 g/mol. The second-order valence-electron chi connectivity index (χ2n) is 9.57. The molecule has 0 bridgehead atoms. The number of para-hydroxylation sites is 1. The Labute approximate surface area is 229 Å². The third-order valence-electron chi connectivity index (χ3n) is 6.98. The molecule has 2 N–H and O–H groups in total. The van der Waals surface area contributed by atoms with Crippen LogP contribution in [0.2, 0.25) is 0 Å². The van der Waals surface area contributed by atoms with Gasteiger partial charge in [-0.2, -0.15) is 0 Å². The van der Waals surface area contributed by atoms with Crippen LogP contribution in [0.1, 0.15) is 10.4 Å². The van der Waals surface area contributed by atoms with Crippen molar-refractivity contribution in [1.82, 2.24) is 4.98 Å². The summed E-state index contributed by atoms with van der Waals surface area (Å²) in [5, 5.41) is 11.5. The van der Waals surface area contributed by atoms with Crippen molar-refractivity contribution in [3.8, 4) is 33.7 Å².